The summed E-state index contributed by atoms with van der Waals surface area (Å²) in [6.45, 7) is 0. The van der Waals surface area contributed by atoms with Crippen molar-refractivity contribution >= 4 is 80.9 Å². The van der Waals surface area contributed by atoms with Gasteiger partial charge in [-0.2, -0.15) is 0 Å². The number of carbonyl (C=O) groups excluding carboxylic acids is 3. The van der Waals surface area contributed by atoms with E-state index in [9.17, 15) is 19.5 Å². The van der Waals surface area contributed by atoms with Crippen molar-refractivity contribution in [1.29, 1.82) is 0 Å². The van der Waals surface area contributed by atoms with E-state index in [1.165, 1.54) is 48.4 Å². The summed E-state index contributed by atoms with van der Waals surface area (Å²) in [6.07, 6.45) is 1.47. The van der Waals surface area contributed by atoms with Crippen molar-refractivity contribution < 1.29 is 24.2 Å². The lowest BCUT2D eigenvalue weighted by Crippen LogP contribution is -2.30. The molecule has 0 saturated heterocycles. The number of thioether (sulfide) groups is 1. The lowest BCUT2D eigenvalue weighted by atomic mass is 10.1. The number of hydrogen-bond acceptors (Lipinski definition) is 8. The highest BCUT2D eigenvalue weighted by molar-refractivity contribution is 8.00. The van der Waals surface area contributed by atoms with Crippen LogP contribution in [0.15, 0.2) is 137 Å². The molecular weight excluding hydrogens is 752 g/mol. The Morgan fingerprint density at radius 1 is 0.868 bits per heavy atom. The Hall–Kier alpha value is -5.59. The van der Waals surface area contributed by atoms with E-state index in [0.29, 0.717) is 53.9 Å². The zero-order valence-corrected chi connectivity index (χ0v) is 31.0. The van der Waals surface area contributed by atoms with E-state index in [4.69, 9.17) is 27.9 Å². The standard InChI is InChI=1S/C40H30Cl2N4O5S2/c1-51-35-22-29(47)17-15-26(35)19-33(44-37(48)25-11-6-3-7-12-25)38(49)43-28-13-8-14-30(21-28)53-36(24-9-4-2-5-10-24)39(50)46-40-45-34(23-52-40)31-18-16-27(41)20-32(31)42/h2-23,36,47H,1H3,(H,43,49)(H,44,48)(H,45,46,50)/b33-19+. The Labute approximate surface area is 323 Å². The summed E-state index contributed by atoms with van der Waals surface area (Å²) < 4.78 is 5.39. The highest BCUT2D eigenvalue weighted by Gasteiger charge is 2.24. The summed E-state index contributed by atoms with van der Waals surface area (Å²) in [5.41, 5.74) is 3.23. The first-order chi connectivity index (χ1) is 25.7. The number of ether oxygens (including phenoxy) is 1. The molecule has 0 radical (unpaired) electrons. The van der Waals surface area contributed by atoms with Crippen molar-refractivity contribution in [3.8, 4) is 22.8 Å². The molecule has 1 atom stereocenters. The first kappa shape index (κ1) is 37.2. The number of nitrogens with one attached hydrogen (secondary N) is 3. The monoisotopic (exact) mass is 780 g/mol. The molecule has 5 aromatic carbocycles. The summed E-state index contributed by atoms with van der Waals surface area (Å²) >= 11 is 15.0. The van der Waals surface area contributed by atoms with Gasteiger partial charge in [-0.05, 0) is 72.3 Å². The average molecular weight is 782 g/mol. The largest absolute Gasteiger partial charge is 0.508 e. The number of phenolic OH excluding ortho intramolecular Hbond substituents is 1. The van der Waals surface area contributed by atoms with Gasteiger partial charge < -0.3 is 25.8 Å². The number of carbonyl (C=O) groups is 3. The lowest BCUT2D eigenvalue weighted by Gasteiger charge is -2.17. The molecule has 1 aromatic heterocycles. The van der Waals surface area contributed by atoms with Gasteiger partial charge in [-0.3, -0.25) is 14.4 Å². The average Bonchev–Trinajstić information content (AvgIpc) is 3.62. The highest BCUT2D eigenvalue weighted by atomic mass is 35.5. The molecule has 0 spiro atoms. The third kappa shape index (κ3) is 9.65. The van der Waals surface area contributed by atoms with Gasteiger partial charge in [0.05, 0.1) is 17.8 Å². The molecular formula is C40H30Cl2N4O5S2. The summed E-state index contributed by atoms with van der Waals surface area (Å²) in [5.74, 6) is -1.11. The number of amides is 3. The molecule has 0 aliphatic rings. The Balaban J connectivity index is 1.23. The van der Waals surface area contributed by atoms with Gasteiger partial charge >= 0.3 is 0 Å². The van der Waals surface area contributed by atoms with Crippen molar-refractivity contribution in [2.75, 3.05) is 17.7 Å². The van der Waals surface area contributed by atoms with E-state index < -0.39 is 17.1 Å². The number of phenols is 1. The van der Waals surface area contributed by atoms with Crippen LogP contribution in [0.4, 0.5) is 10.8 Å². The maximum atomic E-state index is 13.8. The molecule has 266 valence electrons. The number of halogens is 2. The topological polar surface area (TPSA) is 130 Å². The molecule has 0 aliphatic heterocycles. The molecule has 0 aliphatic carbocycles. The van der Waals surface area contributed by atoms with Crippen LogP contribution in [0.2, 0.25) is 10.0 Å². The SMILES string of the molecule is COc1cc(O)ccc1/C=C(/NC(=O)c1ccccc1)C(=O)Nc1cccc(SC(C(=O)Nc2nc(-c3ccc(Cl)cc3Cl)cs2)c2ccccc2)c1. The number of benzene rings is 5. The first-order valence-electron chi connectivity index (χ1n) is 16.0. The van der Waals surface area contributed by atoms with Crippen LogP contribution in [0.3, 0.4) is 0 Å². The minimum absolute atomic E-state index is 0.0191. The molecule has 3 amide bonds. The number of hydrogen-bond donors (Lipinski definition) is 4. The van der Waals surface area contributed by atoms with Gasteiger partial charge in [-0.25, -0.2) is 4.98 Å². The molecule has 13 heteroatoms. The molecule has 0 saturated carbocycles. The first-order valence-corrected chi connectivity index (χ1v) is 18.5. The van der Waals surface area contributed by atoms with E-state index in [1.807, 2.05) is 41.8 Å². The van der Waals surface area contributed by atoms with Crippen LogP contribution in [0.5, 0.6) is 11.5 Å². The number of thiazole rings is 1. The predicted octanol–water partition coefficient (Wildman–Crippen LogP) is 9.71. The highest BCUT2D eigenvalue weighted by Crippen LogP contribution is 2.38. The van der Waals surface area contributed by atoms with E-state index in [2.05, 4.69) is 20.9 Å². The van der Waals surface area contributed by atoms with Crippen LogP contribution in [0.1, 0.15) is 26.7 Å². The summed E-state index contributed by atoms with van der Waals surface area (Å²) in [6, 6.07) is 34.4. The van der Waals surface area contributed by atoms with Gasteiger partial charge in [0, 0.05) is 43.7 Å². The van der Waals surface area contributed by atoms with Crippen molar-refractivity contribution in [2.24, 2.45) is 0 Å². The maximum Gasteiger partial charge on any atom is 0.272 e. The third-order valence-electron chi connectivity index (χ3n) is 7.67. The molecule has 0 fully saturated rings. The fourth-order valence-corrected chi connectivity index (χ4v) is 7.42. The molecule has 1 unspecified atom stereocenters. The zero-order valence-electron chi connectivity index (χ0n) is 27.9. The number of anilines is 2. The number of methoxy groups -OCH3 is 1. The van der Waals surface area contributed by atoms with E-state index in [1.54, 1.807) is 72.8 Å². The minimum Gasteiger partial charge on any atom is -0.508 e. The quantitative estimate of drug-likeness (QED) is 0.0719. The number of aromatic hydroxyl groups is 1. The van der Waals surface area contributed by atoms with Crippen LogP contribution in [-0.2, 0) is 9.59 Å². The molecule has 6 aromatic rings. The molecule has 0 bridgehead atoms. The predicted molar refractivity (Wildman–Crippen MR) is 213 cm³/mol. The van der Waals surface area contributed by atoms with Gasteiger partial charge in [-0.15, -0.1) is 23.1 Å². The fraction of sp³-hybridized carbons (Fsp3) is 0.0500. The zero-order chi connectivity index (χ0) is 37.3. The van der Waals surface area contributed by atoms with E-state index in [0.717, 1.165) is 5.56 Å². The Bertz CT molecular complexity index is 2300. The van der Waals surface area contributed by atoms with E-state index in [-0.39, 0.29) is 17.4 Å². The second-order valence-electron chi connectivity index (χ2n) is 11.3. The normalized spacial score (nSPS) is 11.7. The molecule has 9 nitrogen and oxygen atoms in total. The number of nitrogens with zero attached hydrogens (tertiary/aromatic N) is 1. The Kier molecular flexibility index (Phi) is 12.1. The maximum absolute atomic E-state index is 13.8. The second-order valence-corrected chi connectivity index (χ2v) is 14.2. The number of aromatic nitrogens is 1. The minimum atomic E-state index is -0.684. The van der Waals surface area contributed by atoms with Gasteiger partial charge in [0.2, 0.25) is 5.91 Å². The van der Waals surface area contributed by atoms with Gasteiger partial charge in [0.15, 0.2) is 5.13 Å². The van der Waals surface area contributed by atoms with Crippen LogP contribution in [0, 0.1) is 0 Å². The summed E-state index contributed by atoms with van der Waals surface area (Å²) in [4.78, 5) is 46.1. The van der Waals surface area contributed by atoms with Crippen molar-refractivity contribution in [3.63, 3.8) is 0 Å². The van der Waals surface area contributed by atoms with Gasteiger partial charge in [0.1, 0.15) is 22.4 Å². The van der Waals surface area contributed by atoms with Crippen LogP contribution >= 0.6 is 46.3 Å². The fourth-order valence-electron chi connectivity index (χ4n) is 5.12. The van der Waals surface area contributed by atoms with Crippen LogP contribution < -0.4 is 20.7 Å². The Morgan fingerprint density at radius 2 is 1.62 bits per heavy atom. The van der Waals surface area contributed by atoms with Crippen molar-refractivity contribution in [1.82, 2.24) is 10.3 Å². The van der Waals surface area contributed by atoms with Crippen LogP contribution in [0.25, 0.3) is 17.3 Å². The summed E-state index contributed by atoms with van der Waals surface area (Å²) in [7, 11) is 1.44. The molecule has 6 rings (SSSR count). The lowest BCUT2D eigenvalue weighted by molar-refractivity contribution is -0.116. The van der Waals surface area contributed by atoms with E-state index >= 15 is 0 Å². The Morgan fingerprint density at radius 3 is 2.36 bits per heavy atom. The molecule has 4 N–H and O–H groups in total. The van der Waals surface area contributed by atoms with Crippen molar-refractivity contribution in [3.05, 3.63) is 159 Å². The molecule has 1 heterocycles. The summed E-state index contributed by atoms with van der Waals surface area (Å²) in [5, 5.41) is 20.9. The van der Waals surface area contributed by atoms with Crippen molar-refractivity contribution in [2.45, 2.75) is 10.1 Å². The molecule has 53 heavy (non-hydrogen) atoms. The second kappa shape index (κ2) is 17.3. The third-order valence-corrected chi connectivity index (χ3v) is 10.2. The smallest absolute Gasteiger partial charge is 0.272 e. The van der Waals surface area contributed by atoms with Gasteiger partial charge in [-0.1, -0.05) is 77.8 Å². The van der Waals surface area contributed by atoms with Gasteiger partial charge in [0.25, 0.3) is 11.8 Å². The number of rotatable bonds is 12. The van der Waals surface area contributed by atoms with Crippen LogP contribution in [-0.4, -0.2) is 34.9 Å².